The van der Waals surface area contributed by atoms with E-state index >= 15 is 0 Å². The Morgan fingerprint density at radius 3 is 2.63 bits per heavy atom. The van der Waals surface area contributed by atoms with Gasteiger partial charge in [-0.25, -0.2) is 14.4 Å². The number of nitrogens with zero attached hydrogens (tertiary/aromatic N) is 3. The van der Waals surface area contributed by atoms with Crippen molar-refractivity contribution in [2.24, 2.45) is 0 Å². The second kappa shape index (κ2) is 7.42. The Kier molecular flexibility index (Phi) is 5.05. The highest BCUT2D eigenvalue weighted by molar-refractivity contribution is 7.22. The molecule has 2 aromatic heterocycles. The van der Waals surface area contributed by atoms with Crippen LogP contribution in [0.5, 0.6) is 5.75 Å². The fourth-order valence-corrected chi connectivity index (χ4v) is 4.10. The number of fused-ring (bicyclic) bond motifs is 3. The van der Waals surface area contributed by atoms with E-state index in [1.54, 1.807) is 12.1 Å². The van der Waals surface area contributed by atoms with Crippen molar-refractivity contribution in [1.82, 2.24) is 14.5 Å². The average molecular weight is 438 g/mol. The zero-order valence-corrected chi connectivity index (χ0v) is 17.2. The molecule has 0 aliphatic rings. The summed E-state index contributed by atoms with van der Waals surface area (Å²) in [6, 6.07) is 7.54. The first-order valence-electron chi connectivity index (χ1n) is 9.17. The van der Waals surface area contributed by atoms with E-state index in [2.05, 4.69) is 15.3 Å². The number of thiazole rings is 1. The minimum Gasteiger partial charge on any atom is -0.489 e. The number of imidazole rings is 1. The van der Waals surface area contributed by atoms with E-state index in [0.29, 0.717) is 37.8 Å². The molecule has 0 unspecified atom stereocenters. The first-order chi connectivity index (χ1) is 14.1. The Labute approximate surface area is 173 Å². The smallest absolute Gasteiger partial charge is 0.406 e. The van der Waals surface area contributed by atoms with Crippen molar-refractivity contribution in [2.45, 2.75) is 39.6 Å². The number of aryl methyl sites for hydroxylation is 1. The predicted molar refractivity (Wildman–Crippen MR) is 109 cm³/mol. The van der Waals surface area contributed by atoms with E-state index in [-0.39, 0.29) is 11.9 Å². The molecule has 0 amide bonds. The summed E-state index contributed by atoms with van der Waals surface area (Å²) in [6.45, 7) is 4.09. The molecule has 2 heterocycles. The normalized spacial score (nSPS) is 12.3. The summed E-state index contributed by atoms with van der Waals surface area (Å²) in [6.07, 6.45) is -4.51. The number of benzene rings is 2. The Hall–Kier alpha value is -2.88. The van der Waals surface area contributed by atoms with Crippen LogP contribution in [0.4, 0.5) is 28.4 Å². The molecule has 0 saturated carbocycles. The van der Waals surface area contributed by atoms with Crippen LogP contribution in [0.25, 0.3) is 21.3 Å². The summed E-state index contributed by atoms with van der Waals surface area (Å²) >= 11 is 1.25. The summed E-state index contributed by atoms with van der Waals surface area (Å²) in [7, 11) is 0. The van der Waals surface area contributed by atoms with Gasteiger partial charge in [0.05, 0.1) is 27.5 Å². The molecule has 5 nitrogen and oxygen atoms in total. The van der Waals surface area contributed by atoms with Crippen LogP contribution in [-0.2, 0) is 6.54 Å². The molecule has 2 aromatic carbocycles. The molecule has 1 N–H and O–H groups in total. The highest BCUT2D eigenvalue weighted by atomic mass is 32.1. The lowest BCUT2D eigenvalue weighted by Gasteiger charge is -2.14. The van der Waals surface area contributed by atoms with E-state index in [9.17, 15) is 17.6 Å². The maximum absolute atomic E-state index is 13.8. The lowest BCUT2D eigenvalue weighted by atomic mass is 10.2. The van der Waals surface area contributed by atoms with Crippen LogP contribution >= 0.6 is 11.3 Å². The molecule has 0 aliphatic carbocycles. The van der Waals surface area contributed by atoms with E-state index < -0.39 is 18.5 Å². The Balaban J connectivity index is 1.80. The third kappa shape index (κ3) is 4.04. The summed E-state index contributed by atoms with van der Waals surface area (Å²) in [5.41, 5.74) is 1.56. The zero-order valence-electron chi connectivity index (χ0n) is 16.3. The largest absolute Gasteiger partial charge is 0.489 e. The van der Waals surface area contributed by atoms with E-state index in [4.69, 9.17) is 4.74 Å². The van der Waals surface area contributed by atoms with Crippen LogP contribution in [0.2, 0.25) is 0 Å². The van der Waals surface area contributed by atoms with Gasteiger partial charge in [0.15, 0.2) is 5.13 Å². The van der Waals surface area contributed by atoms with Gasteiger partial charge in [-0.15, -0.1) is 0 Å². The van der Waals surface area contributed by atoms with Gasteiger partial charge in [-0.05, 0) is 45.0 Å². The van der Waals surface area contributed by atoms with Crippen LogP contribution < -0.4 is 10.1 Å². The van der Waals surface area contributed by atoms with Gasteiger partial charge >= 0.3 is 6.18 Å². The molecule has 158 valence electrons. The third-order valence-electron chi connectivity index (χ3n) is 4.34. The highest BCUT2D eigenvalue weighted by Gasteiger charge is 2.30. The first kappa shape index (κ1) is 20.4. The van der Waals surface area contributed by atoms with Crippen molar-refractivity contribution in [2.75, 3.05) is 5.32 Å². The maximum Gasteiger partial charge on any atom is 0.406 e. The van der Waals surface area contributed by atoms with Gasteiger partial charge in [-0.3, -0.25) is 0 Å². The molecule has 30 heavy (non-hydrogen) atoms. The Bertz CT molecular complexity index is 1230. The second-order valence-corrected chi connectivity index (χ2v) is 8.12. The van der Waals surface area contributed by atoms with Gasteiger partial charge in [0, 0.05) is 6.07 Å². The first-order valence-corrected chi connectivity index (χ1v) is 9.99. The molecule has 0 saturated heterocycles. The van der Waals surface area contributed by atoms with Crippen molar-refractivity contribution in [3.63, 3.8) is 0 Å². The van der Waals surface area contributed by atoms with E-state index in [1.165, 1.54) is 36.5 Å². The van der Waals surface area contributed by atoms with Crippen LogP contribution in [-0.4, -0.2) is 26.8 Å². The maximum atomic E-state index is 13.8. The average Bonchev–Trinajstić information content (AvgIpc) is 3.16. The highest BCUT2D eigenvalue weighted by Crippen LogP contribution is 2.36. The molecule has 0 spiro atoms. The van der Waals surface area contributed by atoms with Crippen molar-refractivity contribution >= 4 is 43.4 Å². The standard InChI is InChI=1S/C20H18F4N4OS/c1-10(2)29-15-6-4-12(21)8-14(15)26-19-27-17-16(30-19)7-5-13-18(17)28(11(3)25-13)9-20(22,23)24/h4-8,10H,9H2,1-3H3,(H,26,27). The minimum atomic E-state index is -4.39. The number of anilines is 2. The third-order valence-corrected chi connectivity index (χ3v) is 5.27. The zero-order chi connectivity index (χ0) is 21.6. The van der Waals surface area contributed by atoms with Crippen LogP contribution in [0.15, 0.2) is 30.3 Å². The quantitative estimate of drug-likeness (QED) is 0.378. The minimum absolute atomic E-state index is 0.120. The van der Waals surface area contributed by atoms with Gasteiger partial charge in [0.25, 0.3) is 0 Å². The number of aromatic nitrogens is 3. The Morgan fingerprint density at radius 2 is 1.93 bits per heavy atom. The predicted octanol–water partition coefficient (Wildman–Crippen LogP) is 6.19. The lowest BCUT2D eigenvalue weighted by molar-refractivity contribution is -0.140. The molecule has 10 heteroatoms. The number of hydrogen-bond acceptors (Lipinski definition) is 5. The fraction of sp³-hybridized carbons (Fsp3) is 0.300. The number of alkyl halides is 3. The molecule has 0 fully saturated rings. The van der Waals surface area contributed by atoms with Gasteiger partial charge in [0.1, 0.15) is 29.5 Å². The fourth-order valence-electron chi connectivity index (χ4n) is 3.22. The molecule has 0 bridgehead atoms. The van der Waals surface area contributed by atoms with Gasteiger partial charge in [-0.1, -0.05) is 11.3 Å². The molecular formula is C20H18F4N4OS. The van der Waals surface area contributed by atoms with Gasteiger partial charge in [0.2, 0.25) is 0 Å². The van der Waals surface area contributed by atoms with E-state index in [1.807, 2.05) is 13.8 Å². The van der Waals surface area contributed by atoms with Crippen LogP contribution in [0.3, 0.4) is 0 Å². The molecule has 4 aromatic rings. The van der Waals surface area contributed by atoms with Crippen molar-refractivity contribution in [3.05, 3.63) is 42.0 Å². The molecule has 4 rings (SSSR count). The summed E-state index contributed by atoms with van der Waals surface area (Å²) in [5, 5.41) is 3.45. The van der Waals surface area contributed by atoms with Gasteiger partial charge in [-0.2, -0.15) is 13.2 Å². The van der Waals surface area contributed by atoms with Crippen LogP contribution in [0.1, 0.15) is 19.7 Å². The second-order valence-electron chi connectivity index (χ2n) is 7.09. The lowest BCUT2D eigenvalue weighted by Crippen LogP contribution is -2.18. The monoisotopic (exact) mass is 438 g/mol. The van der Waals surface area contributed by atoms with E-state index in [0.717, 1.165) is 4.57 Å². The molecular weight excluding hydrogens is 420 g/mol. The SMILES string of the molecule is Cc1nc2ccc3sc(Nc4cc(F)ccc4OC(C)C)nc3c2n1CC(F)(F)F. The summed E-state index contributed by atoms with van der Waals surface area (Å²) in [5.74, 6) is 0.264. The summed E-state index contributed by atoms with van der Waals surface area (Å²) < 4.78 is 60.5. The van der Waals surface area contributed by atoms with Crippen LogP contribution in [0, 0.1) is 12.7 Å². The number of nitrogens with one attached hydrogen (secondary N) is 1. The number of ether oxygens (including phenoxy) is 1. The summed E-state index contributed by atoms with van der Waals surface area (Å²) in [4.78, 5) is 8.73. The molecule has 0 atom stereocenters. The number of hydrogen-bond donors (Lipinski definition) is 1. The topological polar surface area (TPSA) is 52.0 Å². The van der Waals surface area contributed by atoms with Crippen molar-refractivity contribution in [3.8, 4) is 5.75 Å². The van der Waals surface area contributed by atoms with Gasteiger partial charge < -0.3 is 14.6 Å². The molecule has 0 radical (unpaired) electrons. The number of rotatable bonds is 5. The van der Waals surface area contributed by atoms with Crippen molar-refractivity contribution < 1.29 is 22.3 Å². The molecule has 0 aliphatic heterocycles. The van der Waals surface area contributed by atoms with Crippen molar-refractivity contribution in [1.29, 1.82) is 0 Å². The Morgan fingerprint density at radius 1 is 1.17 bits per heavy atom. The number of halogens is 4.